The molecule has 1 aromatic carbocycles. The molecule has 0 bridgehead atoms. The number of thioether (sulfide) groups is 1. The molecule has 1 aliphatic heterocycles. The zero-order valence-electron chi connectivity index (χ0n) is 10.4. The van der Waals surface area contributed by atoms with E-state index in [4.69, 9.17) is 16.1 Å². The fourth-order valence-electron chi connectivity index (χ4n) is 2.13. The van der Waals surface area contributed by atoms with Crippen LogP contribution in [0.2, 0.25) is 5.02 Å². The number of halogens is 2. The van der Waals surface area contributed by atoms with Crippen LogP contribution in [0, 0.1) is 5.82 Å². The molecule has 0 radical (unpaired) electrons. The lowest BCUT2D eigenvalue weighted by Crippen LogP contribution is -2.15. The molecular formula is C13H12ClFN2O2S. The van der Waals surface area contributed by atoms with Crippen LogP contribution in [0.25, 0.3) is 0 Å². The molecule has 1 saturated heterocycles. The Kier molecular flexibility index (Phi) is 3.96. The highest BCUT2D eigenvalue weighted by molar-refractivity contribution is 7.99. The van der Waals surface area contributed by atoms with E-state index in [1.54, 1.807) is 23.9 Å². The summed E-state index contributed by atoms with van der Waals surface area (Å²) in [7, 11) is 0. The first-order valence-corrected chi connectivity index (χ1v) is 7.69. The van der Waals surface area contributed by atoms with Crippen LogP contribution in [0.15, 0.2) is 22.7 Å². The number of benzene rings is 1. The van der Waals surface area contributed by atoms with Gasteiger partial charge in [-0.3, -0.25) is 0 Å². The lowest BCUT2D eigenvalue weighted by atomic mass is 10.1. The number of hydrogen-bond acceptors (Lipinski definition) is 5. The fraction of sp³-hybridized carbons (Fsp3) is 0.385. The Labute approximate surface area is 124 Å². The summed E-state index contributed by atoms with van der Waals surface area (Å²) < 4.78 is 18.9. The largest absolute Gasteiger partial charge is 0.391 e. The summed E-state index contributed by atoms with van der Waals surface area (Å²) in [5, 5.41) is 14.0. The Morgan fingerprint density at radius 1 is 1.45 bits per heavy atom. The number of rotatable bonds is 3. The van der Waals surface area contributed by atoms with E-state index in [1.807, 2.05) is 0 Å². The van der Waals surface area contributed by atoms with Gasteiger partial charge in [0.1, 0.15) is 5.82 Å². The van der Waals surface area contributed by atoms with Crippen LogP contribution in [0.5, 0.6) is 0 Å². The van der Waals surface area contributed by atoms with Gasteiger partial charge >= 0.3 is 0 Å². The molecule has 7 heteroatoms. The summed E-state index contributed by atoms with van der Waals surface area (Å²) in [6, 6.07) is 4.52. The third kappa shape index (κ3) is 2.68. The van der Waals surface area contributed by atoms with Crippen molar-refractivity contribution in [2.24, 2.45) is 0 Å². The molecule has 3 rings (SSSR count). The van der Waals surface area contributed by atoms with Gasteiger partial charge in [-0.2, -0.15) is 16.7 Å². The van der Waals surface area contributed by atoms with Crippen molar-refractivity contribution < 1.29 is 14.0 Å². The Morgan fingerprint density at radius 3 is 3.00 bits per heavy atom. The number of nitrogens with zero attached hydrogens (tertiary/aromatic N) is 2. The van der Waals surface area contributed by atoms with Gasteiger partial charge in [0.15, 0.2) is 5.82 Å². The van der Waals surface area contributed by atoms with Gasteiger partial charge in [0.25, 0.3) is 0 Å². The maximum absolute atomic E-state index is 13.7. The SMILES string of the molecule is OC1CSCC1c1nc(Cc2c(F)cccc2Cl)no1. The average molecular weight is 315 g/mol. The lowest BCUT2D eigenvalue weighted by Gasteiger charge is -2.06. The normalized spacial score (nSPS) is 22.4. The molecular weight excluding hydrogens is 303 g/mol. The highest BCUT2D eigenvalue weighted by atomic mass is 35.5. The topological polar surface area (TPSA) is 59.2 Å². The average Bonchev–Trinajstić information content (AvgIpc) is 3.02. The van der Waals surface area contributed by atoms with Crippen molar-refractivity contribution >= 4 is 23.4 Å². The third-order valence-electron chi connectivity index (χ3n) is 3.25. The second-order valence-electron chi connectivity index (χ2n) is 4.64. The molecule has 2 unspecified atom stereocenters. The standard InChI is InChI=1S/C13H12ClFN2O2S/c14-9-2-1-3-10(15)7(9)4-12-16-13(19-17-12)8-5-20-6-11(8)18/h1-3,8,11,18H,4-6H2. The van der Waals surface area contributed by atoms with Crippen molar-refractivity contribution in [2.45, 2.75) is 18.4 Å². The number of aromatic nitrogens is 2. The zero-order valence-corrected chi connectivity index (χ0v) is 12.0. The van der Waals surface area contributed by atoms with Gasteiger partial charge in [-0.25, -0.2) is 4.39 Å². The molecule has 20 heavy (non-hydrogen) atoms. The van der Waals surface area contributed by atoms with Crippen molar-refractivity contribution in [1.82, 2.24) is 10.1 Å². The van der Waals surface area contributed by atoms with Crippen LogP contribution in [-0.2, 0) is 6.42 Å². The van der Waals surface area contributed by atoms with Gasteiger partial charge in [0.2, 0.25) is 5.89 Å². The minimum Gasteiger partial charge on any atom is -0.391 e. The summed E-state index contributed by atoms with van der Waals surface area (Å²) in [6.07, 6.45) is -0.296. The molecule has 0 aliphatic carbocycles. The zero-order chi connectivity index (χ0) is 14.1. The smallest absolute Gasteiger partial charge is 0.233 e. The van der Waals surface area contributed by atoms with Crippen molar-refractivity contribution in [2.75, 3.05) is 11.5 Å². The summed E-state index contributed by atoms with van der Waals surface area (Å²) in [4.78, 5) is 4.24. The fourth-order valence-corrected chi connectivity index (χ4v) is 3.59. The lowest BCUT2D eigenvalue weighted by molar-refractivity contribution is 0.164. The second kappa shape index (κ2) is 5.71. The van der Waals surface area contributed by atoms with Crippen LogP contribution in [0.1, 0.15) is 23.2 Å². The predicted octanol–water partition coefficient (Wildman–Crippen LogP) is 2.64. The Balaban J connectivity index is 1.81. The highest BCUT2D eigenvalue weighted by Gasteiger charge is 2.32. The van der Waals surface area contributed by atoms with E-state index in [-0.39, 0.29) is 18.2 Å². The van der Waals surface area contributed by atoms with Crippen LogP contribution >= 0.6 is 23.4 Å². The van der Waals surface area contributed by atoms with E-state index in [0.717, 1.165) is 5.75 Å². The van der Waals surface area contributed by atoms with E-state index < -0.39 is 6.10 Å². The maximum Gasteiger partial charge on any atom is 0.233 e. The van der Waals surface area contributed by atoms with Crippen molar-refractivity contribution in [3.8, 4) is 0 Å². The molecule has 1 N–H and O–H groups in total. The predicted molar refractivity (Wildman–Crippen MR) is 74.6 cm³/mol. The quantitative estimate of drug-likeness (QED) is 0.944. The highest BCUT2D eigenvalue weighted by Crippen LogP contribution is 2.32. The van der Waals surface area contributed by atoms with Gasteiger partial charge < -0.3 is 9.63 Å². The number of aliphatic hydroxyl groups excluding tert-OH is 1. The van der Waals surface area contributed by atoms with E-state index in [2.05, 4.69) is 10.1 Å². The van der Waals surface area contributed by atoms with E-state index in [1.165, 1.54) is 6.07 Å². The summed E-state index contributed by atoms with van der Waals surface area (Å²) in [5.74, 6) is 1.67. The summed E-state index contributed by atoms with van der Waals surface area (Å²) >= 11 is 7.61. The van der Waals surface area contributed by atoms with Crippen molar-refractivity contribution in [1.29, 1.82) is 0 Å². The molecule has 0 saturated carbocycles. The van der Waals surface area contributed by atoms with Gasteiger partial charge in [-0.1, -0.05) is 22.8 Å². The number of hydrogen-bond donors (Lipinski definition) is 1. The van der Waals surface area contributed by atoms with Crippen LogP contribution in [-0.4, -0.2) is 32.9 Å². The molecule has 1 aliphatic rings. The van der Waals surface area contributed by atoms with Crippen molar-refractivity contribution in [3.63, 3.8) is 0 Å². The first kappa shape index (κ1) is 13.9. The molecule has 1 aromatic heterocycles. The van der Waals surface area contributed by atoms with Gasteiger partial charge in [-0.05, 0) is 12.1 Å². The Morgan fingerprint density at radius 2 is 2.30 bits per heavy atom. The summed E-state index contributed by atoms with van der Waals surface area (Å²) in [6.45, 7) is 0. The van der Waals surface area contributed by atoms with Crippen LogP contribution in [0.4, 0.5) is 4.39 Å². The molecule has 4 nitrogen and oxygen atoms in total. The first-order chi connectivity index (χ1) is 9.65. The molecule has 1 fully saturated rings. The molecule has 106 valence electrons. The van der Waals surface area contributed by atoms with E-state index >= 15 is 0 Å². The van der Waals surface area contributed by atoms with Gasteiger partial charge in [0, 0.05) is 28.5 Å². The van der Waals surface area contributed by atoms with Gasteiger partial charge in [0.05, 0.1) is 12.0 Å². The maximum atomic E-state index is 13.7. The monoisotopic (exact) mass is 314 g/mol. The second-order valence-corrected chi connectivity index (χ2v) is 6.12. The van der Waals surface area contributed by atoms with Crippen LogP contribution in [0.3, 0.4) is 0 Å². The van der Waals surface area contributed by atoms with Crippen molar-refractivity contribution in [3.05, 3.63) is 46.3 Å². The molecule has 0 amide bonds. The van der Waals surface area contributed by atoms with Crippen LogP contribution < -0.4 is 0 Å². The Hall–Kier alpha value is -1.11. The third-order valence-corrected chi connectivity index (χ3v) is 4.77. The number of aliphatic hydroxyl groups is 1. The molecule has 2 atom stereocenters. The molecule has 2 heterocycles. The minimum absolute atomic E-state index is 0.141. The van der Waals surface area contributed by atoms with Gasteiger partial charge in [-0.15, -0.1) is 0 Å². The first-order valence-electron chi connectivity index (χ1n) is 6.16. The van der Waals surface area contributed by atoms with E-state index in [9.17, 15) is 9.50 Å². The Bertz CT molecular complexity index is 602. The van der Waals surface area contributed by atoms with E-state index in [0.29, 0.717) is 28.1 Å². The summed E-state index contributed by atoms with van der Waals surface area (Å²) in [5.41, 5.74) is 0.350. The minimum atomic E-state index is -0.467. The molecule has 0 spiro atoms. The molecule has 2 aromatic rings.